The number of benzene rings is 3. The number of hydrogen-bond acceptors (Lipinski definition) is 7. The van der Waals surface area contributed by atoms with Crippen molar-refractivity contribution in [3.8, 4) is 5.75 Å². The number of aryl methyl sites for hydroxylation is 1. The Morgan fingerprint density at radius 1 is 1.02 bits per heavy atom. The zero-order valence-electron chi connectivity index (χ0n) is 24.7. The molecule has 7 heteroatoms. The standard InChI is InChI=1S/C35H39N5O2/c1-25-9-13-29(14-10-25)39-40-34(35(2,3)4)16-12-27-11-15-33(31-8-6-5-7-30(27)31)42-24-26-17-19-38-32(21-26)28(23-41)22-37-20-18-36/h5-17,19-22,39,41H,18,23-24,36H2,1-4H3/b16-12?,28-22?,37-20-,40-34+. The summed E-state index contributed by atoms with van der Waals surface area (Å²) in [5.41, 5.74) is 14.9. The first-order valence-electron chi connectivity index (χ1n) is 14.0. The number of anilines is 1. The van der Waals surface area contributed by atoms with E-state index in [1.807, 2.05) is 42.5 Å². The van der Waals surface area contributed by atoms with Crippen LogP contribution in [0.3, 0.4) is 0 Å². The number of hydrogen-bond donors (Lipinski definition) is 3. The predicted molar refractivity (Wildman–Crippen MR) is 176 cm³/mol. The van der Waals surface area contributed by atoms with E-state index in [1.165, 1.54) is 5.56 Å². The molecule has 0 unspecified atom stereocenters. The average Bonchev–Trinajstić information content (AvgIpc) is 2.99. The first-order chi connectivity index (χ1) is 20.3. The van der Waals surface area contributed by atoms with Gasteiger partial charge in [0.15, 0.2) is 0 Å². The quantitative estimate of drug-likeness (QED) is 0.135. The van der Waals surface area contributed by atoms with Crippen molar-refractivity contribution < 1.29 is 9.84 Å². The molecule has 0 saturated carbocycles. The fourth-order valence-electron chi connectivity index (χ4n) is 4.23. The zero-order valence-corrected chi connectivity index (χ0v) is 24.7. The van der Waals surface area contributed by atoms with Gasteiger partial charge in [0.2, 0.25) is 0 Å². The van der Waals surface area contributed by atoms with Crippen LogP contribution < -0.4 is 15.9 Å². The maximum Gasteiger partial charge on any atom is 0.127 e. The Kier molecular flexibility index (Phi) is 10.4. The number of hydrazone groups is 1. The summed E-state index contributed by atoms with van der Waals surface area (Å²) >= 11 is 0. The van der Waals surface area contributed by atoms with E-state index < -0.39 is 0 Å². The van der Waals surface area contributed by atoms with Crippen molar-refractivity contribution >= 4 is 40.0 Å². The number of rotatable bonds is 11. The minimum Gasteiger partial charge on any atom is -0.488 e. The Morgan fingerprint density at radius 2 is 1.79 bits per heavy atom. The molecular weight excluding hydrogens is 522 g/mol. The highest BCUT2D eigenvalue weighted by molar-refractivity contribution is 6.04. The number of aromatic nitrogens is 1. The lowest BCUT2D eigenvalue weighted by Crippen LogP contribution is -2.19. The van der Waals surface area contributed by atoms with Gasteiger partial charge in [-0.2, -0.15) is 5.10 Å². The van der Waals surface area contributed by atoms with Crippen LogP contribution in [0.5, 0.6) is 5.75 Å². The Balaban J connectivity index is 1.56. The molecule has 0 atom stereocenters. The van der Waals surface area contributed by atoms with Crippen molar-refractivity contribution in [2.45, 2.75) is 34.3 Å². The number of aliphatic hydroxyl groups is 1. The summed E-state index contributed by atoms with van der Waals surface area (Å²) in [6.07, 6.45) is 9.04. The fourth-order valence-corrected chi connectivity index (χ4v) is 4.23. The van der Waals surface area contributed by atoms with Crippen LogP contribution in [0, 0.1) is 12.3 Å². The molecule has 3 aromatic carbocycles. The van der Waals surface area contributed by atoms with Crippen molar-refractivity contribution in [2.75, 3.05) is 18.6 Å². The monoisotopic (exact) mass is 561 g/mol. The molecule has 4 rings (SSSR count). The van der Waals surface area contributed by atoms with Gasteiger partial charge in [0.25, 0.3) is 0 Å². The SMILES string of the molecule is Cc1ccc(N/N=C(\C=Cc2ccc(OCc3ccnc(C(=C/N=C\CN)CO)c3)c3ccccc23)C(C)(C)C)cc1. The van der Waals surface area contributed by atoms with E-state index >= 15 is 0 Å². The van der Waals surface area contributed by atoms with Crippen LogP contribution in [0.25, 0.3) is 22.4 Å². The molecule has 0 spiro atoms. The number of fused-ring (bicyclic) bond motifs is 1. The van der Waals surface area contributed by atoms with Gasteiger partial charge in [0.05, 0.1) is 23.7 Å². The van der Waals surface area contributed by atoms with Crippen LogP contribution in [-0.2, 0) is 6.61 Å². The van der Waals surface area contributed by atoms with Gasteiger partial charge in [-0.1, -0.05) is 74.9 Å². The van der Waals surface area contributed by atoms with Gasteiger partial charge in [-0.05, 0) is 59.8 Å². The molecule has 1 aromatic heterocycles. The molecule has 0 aliphatic rings. The predicted octanol–water partition coefficient (Wildman–Crippen LogP) is 7.01. The first-order valence-corrected chi connectivity index (χ1v) is 14.0. The lowest BCUT2D eigenvalue weighted by Gasteiger charge is -2.19. The second kappa shape index (κ2) is 14.3. The third-order valence-corrected chi connectivity index (χ3v) is 6.62. The maximum atomic E-state index is 9.77. The lowest BCUT2D eigenvalue weighted by atomic mass is 9.89. The highest BCUT2D eigenvalue weighted by Crippen LogP contribution is 2.31. The molecular formula is C35H39N5O2. The van der Waals surface area contributed by atoms with E-state index in [0.29, 0.717) is 24.4 Å². The Morgan fingerprint density at radius 3 is 2.50 bits per heavy atom. The van der Waals surface area contributed by atoms with Crippen molar-refractivity contribution in [3.05, 3.63) is 114 Å². The number of aliphatic imine (C=N–C) groups is 1. The minimum atomic E-state index is -0.178. The topological polar surface area (TPSA) is 105 Å². The third-order valence-electron chi connectivity index (χ3n) is 6.62. The van der Waals surface area contributed by atoms with Gasteiger partial charge >= 0.3 is 0 Å². The molecule has 216 valence electrons. The smallest absolute Gasteiger partial charge is 0.127 e. The van der Waals surface area contributed by atoms with Crippen molar-refractivity contribution in [1.82, 2.24) is 4.98 Å². The normalized spacial score (nSPS) is 12.9. The molecule has 7 nitrogen and oxygen atoms in total. The highest BCUT2D eigenvalue weighted by atomic mass is 16.5. The largest absolute Gasteiger partial charge is 0.488 e. The van der Waals surface area contributed by atoms with Crippen LogP contribution >= 0.6 is 0 Å². The fraction of sp³-hybridized carbons (Fsp3) is 0.229. The van der Waals surface area contributed by atoms with E-state index in [0.717, 1.165) is 39.0 Å². The van der Waals surface area contributed by atoms with Gasteiger partial charge < -0.3 is 15.6 Å². The van der Waals surface area contributed by atoms with Crippen LogP contribution in [0.4, 0.5) is 5.69 Å². The number of ether oxygens (including phenoxy) is 1. The van der Waals surface area contributed by atoms with Crippen LogP contribution in [0.1, 0.15) is 43.2 Å². The number of nitrogens with one attached hydrogen (secondary N) is 1. The van der Waals surface area contributed by atoms with Gasteiger partial charge in [0.1, 0.15) is 12.4 Å². The van der Waals surface area contributed by atoms with E-state index in [1.54, 1.807) is 18.6 Å². The van der Waals surface area contributed by atoms with Crippen LogP contribution in [-0.4, -0.2) is 35.2 Å². The number of allylic oxidation sites excluding steroid dienone is 1. The molecule has 0 amide bonds. The summed E-state index contributed by atoms with van der Waals surface area (Å²) in [7, 11) is 0. The number of pyridine rings is 1. The van der Waals surface area contributed by atoms with E-state index in [4.69, 9.17) is 15.6 Å². The van der Waals surface area contributed by atoms with Gasteiger partial charge in [-0.3, -0.25) is 15.4 Å². The zero-order chi connectivity index (χ0) is 30.0. The summed E-state index contributed by atoms with van der Waals surface area (Å²) in [4.78, 5) is 8.49. The van der Waals surface area contributed by atoms with Crippen molar-refractivity contribution in [3.63, 3.8) is 0 Å². The summed E-state index contributed by atoms with van der Waals surface area (Å²) in [6, 6.07) is 24.3. The molecule has 1 heterocycles. The summed E-state index contributed by atoms with van der Waals surface area (Å²) < 4.78 is 6.29. The van der Waals surface area contributed by atoms with Crippen molar-refractivity contribution in [2.24, 2.45) is 21.2 Å². The minimum absolute atomic E-state index is 0.154. The van der Waals surface area contributed by atoms with E-state index in [-0.39, 0.29) is 12.0 Å². The summed E-state index contributed by atoms with van der Waals surface area (Å²) in [5.74, 6) is 0.789. The average molecular weight is 562 g/mol. The summed E-state index contributed by atoms with van der Waals surface area (Å²) in [6.45, 7) is 9.03. The Labute approximate surface area is 248 Å². The van der Waals surface area contributed by atoms with Gasteiger partial charge in [-0.25, -0.2) is 0 Å². The molecule has 42 heavy (non-hydrogen) atoms. The number of nitrogens with zero attached hydrogens (tertiary/aromatic N) is 3. The number of nitrogens with two attached hydrogens (primary N) is 1. The molecule has 0 radical (unpaired) electrons. The number of aliphatic hydroxyl groups excluding tert-OH is 1. The highest BCUT2D eigenvalue weighted by Gasteiger charge is 2.17. The maximum absolute atomic E-state index is 9.77. The second-order valence-corrected chi connectivity index (χ2v) is 11.0. The third kappa shape index (κ3) is 8.22. The summed E-state index contributed by atoms with van der Waals surface area (Å²) in [5, 5.41) is 16.6. The molecule has 0 aliphatic heterocycles. The van der Waals surface area contributed by atoms with Crippen molar-refractivity contribution in [1.29, 1.82) is 0 Å². The van der Waals surface area contributed by atoms with Gasteiger partial charge in [0, 0.05) is 41.5 Å². The first kappa shape index (κ1) is 30.4. The van der Waals surface area contributed by atoms with Gasteiger partial charge in [-0.15, -0.1) is 0 Å². The lowest BCUT2D eigenvalue weighted by molar-refractivity contribution is 0.310. The van der Waals surface area contributed by atoms with Crippen LogP contribution in [0.2, 0.25) is 0 Å². The molecule has 4 aromatic rings. The molecule has 4 N–H and O–H groups in total. The molecule has 0 saturated heterocycles. The second-order valence-electron chi connectivity index (χ2n) is 11.0. The Hall–Kier alpha value is -4.59. The van der Waals surface area contributed by atoms with E-state index in [2.05, 4.69) is 85.6 Å². The molecule has 0 fully saturated rings. The van der Waals surface area contributed by atoms with Crippen LogP contribution in [0.15, 0.2) is 101 Å². The van der Waals surface area contributed by atoms with E-state index in [9.17, 15) is 5.11 Å². The Bertz CT molecular complexity index is 1610. The molecule has 0 bridgehead atoms. The molecule has 0 aliphatic carbocycles.